The van der Waals surface area contributed by atoms with E-state index in [0.717, 1.165) is 12.8 Å². The van der Waals surface area contributed by atoms with Gasteiger partial charge in [0.05, 0.1) is 27.0 Å². The molecule has 1 aliphatic carbocycles. The van der Waals surface area contributed by atoms with Gasteiger partial charge in [-0.1, -0.05) is 41.6 Å². The van der Waals surface area contributed by atoms with E-state index in [9.17, 15) is 13.2 Å². The Morgan fingerprint density at radius 3 is 2.69 bits per heavy atom. The van der Waals surface area contributed by atoms with E-state index >= 15 is 0 Å². The number of carbonyl (C=O) groups excluding carboxylic acids is 1. The molecule has 32 heavy (non-hydrogen) atoms. The Hall–Kier alpha value is -2.56. The molecule has 0 atom stereocenters. The van der Waals surface area contributed by atoms with Crippen molar-refractivity contribution in [2.45, 2.75) is 35.9 Å². The van der Waals surface area contributed by atoms with Gasteiger partial charge in [0, 0.05) is 12.6 Å². The minimum atomic E-state index is -3.84. The summed E-state index contributed by atoms with van der Waals surface area (Å²) in [6.07, 6.45) is 3.86. The number of nitrogens with zero attached hydrogens (tertiary/aromatic N) is 4. The second kappa shape index (κ2) is 9.51. The van der Waals surface area contributed by atoms with Crippen molar-refractivity contribution in [2.75, 3.05) is 21.9 Å². The molecule has 0 radical (unpaired) electrons. The average molecular weight is 492 g/mol. The molecule has 1 aliphatic rings. The predicted molar refractivity (Wildman–Crippen MR) is 126 cm³/mol. The van der Waals surface area contributed by atoms with E-state index in [4.69, 9.17) is 11.6 Å². The van der Waals surface area contributed by atoms with Crippen LogP contribution in [-0.4, -0.2) is 41.4 Å². The molecule has 0 spiro atoms. The van der Waals surface area contributed by atoms with Gasteiger partial charge in [0.2, 0.25) is 5.91 Å². The SMILES string of the molecule is CCN(c1ccccc1)S(=O)(=O)c1ccc(Cl)c(NC(=O)CSc2nncn2C2CC2)c1. The van der Waals surface area contributed by atoms with Crippen LogP contribution in [-0.2, 0) is 14.8 Å². The maximum Gasteiger partial charge on any atom is 0.264 e. The zero-order chi connectivity index (χ0) is 22.7. The molecule has 1 saturated carbocycles. The van der Waals surface area contributed by atoms with Gasteiger partial charge in [-0.25, -0.2) is 8.42 Å². The van der Waals surface area contributed by atoms with E-state index in [1.54, 1.807) is 37.5 Å². The number of anilines is 2. The first-order chi connectivity index (χ1) is 15.4. The van der Waals surface area contributed by atoms with Crippen LogP contribution in [0.1, 0.15) is 25.8 Å². The van der Waals surface area contributed by atoms with Crippen molar-refractivity contribution in [3.05, 3.63) is 59.9 Å². The van der Waals surface area contributed by atoms with Crippen molar-refractivity contribution in [1.82, 2.24) is 14.8 Å². The van der Waals surface area contributed by atoms with E-state index in [1.165, 1.54) is 34.3 Å². The molecule has 0 bridgehead atoms. The van der Waals surface area contributed by atoms with Crippen molar-refractivity contribution in [3.63, 3.8) is 0 Å². The van der Waals surface area contributed by atoms with E-state index in [2.05, 4.69) is 15.5 Å². The minimum absolute atomic E-state index is 0.0454. The summed E-state index contributed by atoms with van der Waals surface area (Å²) in [6, 6.07) is 13.6. The van der Waals surface area contributed by atoms with Crippen molar-refractivity contribution >= 4 is 50.7 Å². The number of amides is 1. The zero-order valence-corrected chi connectivity index (χ0v) is 19.7. The molecule has 2 aromatic carbocycles. The van der Waals surface area contributed by atoms with E-state index in [1.807, 2.05) is 10.6 Å². The molecule has 1 aromatic heterocycles. The molecule has 1 fully saturated rings. The summed E-state index contributed by atoms with van der Waals surface area (Å²) in [5.74, 6) is -0.212. The molecular formula is C21H22ClN5O3S2. The van der Waals surface area contributed by atoms with Gasteiger partial charge in [-0.3, -0.25) is 9.10 Å². The third-order valence-corrected chi connectivity index (χ3v) is 8.13. The van der Waals surface area contributed by atoms with Gasteiger partial charge in [-0.15, -0.1) is 10.2 Å². The number of sulfonamides is 1. The van der Waals surface area contributed by atoms with Gasteiger partial charge < -0.3 is 9.88 Å². The normalized spacial score (nSPS) is 13.7. The smallest absolute Gasteiger partial charge is 0.264 e. The summed E-state index contributed by atoms with van der Waals surface area (Å²) in [5, 5.41) is 11.6. The molecule has 1 amide bonds. The van der Waals surface area contributed by atoms with Crippen LogP contribution in [0.4, 0.5) is 11.4 Å². The van der Waals surface area contributed by atoms with Crippen molar-refractivity contribution < 1.29 is 13.2 Å². The number of thioether (sulfide) groups is 1. The average Bonchev–Trinajstić information content (AvgIpc) is 3.52. The highest BCUT2D eigenvalue weighted by atomic mass is 35.5. The molecule has 1 N–H and O–H groups in total. The molecule has 3 aromatic rings. The Bertz CT molecular complexity index is 1210. The first kappa shape index (κ1) is 22.6. The van der Waals surface area contributed by atoms with Crippen LogP contribution in [0.15, 0.2) is 64.9 Å². The molecule has 8 nitrogen and oxygen atoms in total. The largest absolute Gasteiger partial charge is 0.324 e. The number of halogens is 1. The Morgan fingerprint density at radius 2 is 2.00 bits per heavy atom. The lowest BCUT2D eigenvalue weighted by atomic mass is 10.3. The van der Waals surface area contributed by atoms with Gasteiger partial charge in [-0.2, -0.15) is 0 Å². The number of carbonyl (C=O) groups is 1. The van der Waals surface area contributed by atoms with E-state index < -0.39 is 10.0 Å². The fraction of sp³-hybridized carbons (Fsp3) is 0.286. The van der Waals surface area contributed by atoms with Gasteiger partial charge in [-0.05, 0) is 50.1 Å². The van der Waals surface area contributed by atoms with Gasteiger partial charge >= 0.3 is 0 Å². The monoisotopic (exact) mass is 491 g/mol. The fourth-order valence-corrected chi connectivity index (χ4v) is 5.68. The highest BCUT2D eigenvalue weighted by Gasteiger charge is 2.27. The molecule has 4 rings (SSSR count). The quantitative estimate of drug-likeness (QED) is 0.450. The number of benzene rings is 2. The summed E-state index contributed by atoms with van der Waals surface area (Å²) < 4.78 is 29.8. The fourth-order valence-electron chi connectivity index (χ4n) is 3.23. The second-order valence-corrected chi connectivity index (χ2v) is 10.4. The first-order valence-corrected chi connectivity index (χ1v) is 12.9. The number of hydrogen-bond acceptors (Lipinski definition) is 6. The van der Waals surface area contributed by atoms with Crippen LogP contribution in [0.25, 0.3) is 0 Å². The third kappa shape index (κ3) is 4.92. The Balaban J connectivity index is 1.49. The molecule has 0 saturated heterocycles. The van der Waals surface area contributed by atoms with Crippen molar-refractivity contribution in [3.8, 4) is 0 Å². The predicted octanol–water partition coefficient (Wildman–Crippen LogP) is 4.21. The van der Waals surface area contributed by atoms with Crippen LogP contribution in [0, 0.1) is 0 Å². The van der Waals surface area contributed by atoms with E-state index in [-0.39, 0.29) is 33.8 Å². The lowest BCUT2D eigenvalue weighted by molar-refractivity contribution is -0.113. The number of para-hydroxylation sites is 1. The number of nitrogens with one attached hydrogen (secondary N) is 1. The first-order valence-electron chi connectivity index (χ1n) is 10.1. The maximum atomic E-state index is 13.2. The number of hydrogen-bond donors (Lipinski definition) is 1. The Kier molecular flexibility index (Phi) is 6.73. The molecule has 11 heteroatoms. The van der Waals surface area contributed by atoms with Crippen molar-refractivity contribution in [2.24, 2.45) is 0 Å². The molecule has 0 aliphatic heterocycles. The van der Waals surface area contributed by atoms with Gasteiger partial charge in [0.15, 0.2) is 5.16 Å². The standard InChI is InChI=1S/C21H22ClN5O3S2/c1-2-27(16-6-4-3-5-7-16)32(29,30)17-10-11-18(22)19(12-17)24-20(28)13-31-21-25-23-14-26(21)15-8-9-15/h3-7,10-12,14-15H,2,8-9,13H2,1H3,(H,24,28). The van der Waals surface area contributed by atoms with Crippen LogP contribution in [0.5, 0.6) is 0 Å². The van der Waals surface area contributed by atoms with Crippen molar-refractivity contribution in [1.29, 1.82) is 0 Å². The number of aromatic nitrogens is 3. The second-order valence-electron chi connectivity index (χ2n) is 7.24. The lowest BCUT2D eigenvalue weighted by Gasteiger charge is -2.23. The maximum absolute atomic E-state index is 13.2. The van der Waals surface area contributed by atoms with Gasteiger partial charge in [0.1, 0.15) is 6.33 Å². The summed E-state index contributed by atoms with van der Waals surface area (Å²) in [7, 11) is -3.84. The molecule has 0 unspecified atom stereocenters. The molecular weight excluding hydrogens is 470 g/mol. The molecule has 168 valence electrons. The minimum Gasteiger partial charge on any atom is -0.324 e. The van der Waals surface area contributed by atoms with E-state index in [0.29, 0.717) is 16.9 Å². The summed E-state index contributed by atoms with van der Waals surface area (Å²) in [4.78, 5) is 12.6. The zero-order valence-electron chi connectivity index (χ0n) is 17.3. The van der Waals surface area contributed by atoms with Crippen LogP contribution < -0.4 is 9.62 Å². The van der Waals surface area contributed by atoms with Crippen LogP contribution >= 0.6 is 23.4 Å². The number of rotatable bonds is 9. The Labute approximate surface area is 196 Å². The Morgan fingerprint density at radius 1 is 1.25 bits per heavy atom. The molecule has 1 heterocycles. The highest BCUT2D eigenvalue weighted by Crippen LogP contribution is 2.37. The highest BCUT2D eigenvalue weighted by molar-refractivity contribution is 7.99. The van der Waals surface area contributed by atoms with Gasteiger partial charge in [0.25, 0.3) is 10.0 Å². The van der Waals surface area contributed by atoms with Crippen LogP contribution in [0.2, 0.25) is 5.02 Å². The summed E-state index contributed by atoms with van der Waals surface area (Å²) >= 11 is 7.52. The summed E-state index contributed by atoms with van der Waals surface area (Å²) in [6.45, 7) is 2.02. The topological polar surface area (TPSA) is 97.2 Å². The summed E-state index contributed by atoms with van der Waals surface area (Å²) in [5.41, 5.74) is 0.804. The van der Waals surface area contributed by atoms with Crippen LogP contribution in [0.3, 0.4) is 0 Å². The third-order valence-electron chi connectivity index (χ3n) is 4.94. The lowest BCUT2D eigenvalue weighted by Crippen LogP contribution is -2.30.